The molecule has 1 fully saturated rings. The maximum Gasteiger partial charge on any atom is 0.293 e. The molecule has 0 spiro atoms. The van der Waals surface area contributed by atoms with Crippen molar-refractivity contribution in [2.24, 2.45) is 5.10 Å². The number of hydrogen-bond donors (Lipinski definition) is 2. The van der Waals surface area contributed by atoms with Crippen LogP contribution in [0.15, 0.2) is 23.3 Å². The average molecular weight is 333 g/mol. The van der Waals surface area contributed by atoms with Crippen LogP contribution in [0, 0.1) is 10.1 Å². The number of rotatable bonds is 3. The summed E-state index contributed by atoms with van der Waals surface area (Å²) in [6.07, 6.45) is -1.14. The summed E-state index contributed by atoms with van der Waals surface area (Å²) in [6, 6.07) is 4.81. The number of benzene rings is 1. The highest BCUT2D eigenvalue weighted by Gasteiger charge is 2.29. The van der Waals surface area contributed by atoms with Gasteiger partial charge in [-0.15, -0.1) is 0 Å². The molecular formula is C15H19N5O4. The van der Waals surface area contributed by atoms with E-state index in [1.165, 1.54) is 13.1 Å². The van der Waals surface area contributed by atoms with Gasteiger partial charge >= 0.3 is 0 Å². The fourth-order valence-corrected chi connectivity index (χ4v) is 2.93. The standard InChI is InChI=1S/C15H19N5O4/c1-18-14(22)9-13(21)15(17-18)10-2-3-11(12(8-10)20(23)24)19-6-4-16-5-7-19/h2-3,8,13,16,21H,4-7,9H2,1H3. The highest BCUT2D eigenvalue weighted by molar-refractivity contribution is 6.08. The van der Waals surface area contributed by atoms with Gasteiger partial charge in [0.2, 0.25) is 5.91 Å². The first-order chi connectivity index (χ1) is 11.5. The van der Waals surface area contributed by atoms with Crippen LogP contribution in [0.25, 0.3) is 0 Å². The molecule has 2 N–H and O–H groups in total. The summed E-state index contributed by atoms with van der Waals surface area (Å²) < 4.78 is 0. The number of hydrazone groups is 1. The minimum absolute atomic E-state index is 0.0242. The molecule has 2 aliphatic heterocycles. The number of carbonyl (C=O) groups excluding carboxylic acids is 1. The van der Waals surface area contributed by atoms with Gasteiger partial charge in [0.25, 0.3) is 5.69 Å². The van der Waals surface area contributed by atoms with Crippen molar-refractivity contribution in [3.05, 3.63) is 33.9 Å². The number of nitrogens with one attached hydrogen (secondary N) is 1. The first-order valence-corrected chi connectivity index (χ1v) is 7.75. The SMILES string of the molecule is CN1N=C(c2ccc(N3CCNCC3)c([N+](=O)[O-])c2)C(O)CC1=O. The molecule has 2 aliphatic rings. The predicted octanol–water partition coefficient (Wildman–Crippen LogP) is -0.0685. The van der Waals surface area contributed by atoms with E-state index < -0.39 is 11.0 Å². The Bertz CT molecular complexity index is 699. The molecule has 24 heavy (non-hydrogen) atoms. The molecule has 1 unspecified atom stereocenters. The lowest BCUT2D eigenvalue weighted by Gasteiger charge is -2.29. The number of hydrogen-bond acceptors (Lipinski definition) is 7. The van der Waals surface area contributed by atoms with E-state index in [0.29, 0.717) is 24.3 Å². The summed E-state index contributed by atoms with van der Waals surface area (Å²) in [5, 5.41) is 30.0. The van der Waals surface area contributed by atoms with E-state index in [9.17, 15) is 20.0 Å². The third-order valence-electron chi connectivity index (χ3n) is 4.23. The van der Waals surface area contributed by atoms with Crippen molar-refractivity contribution in [1.82, 2.24) is 10.3 Å². The molecule has 1 atom stereocenters. The largest absolute Gasteiger partial charge is 0.386 e. The van der Waals surface area contributed by atoms with Crippen LogP contribution < -0.4 is 10.2 Å². The van der Waals surface area contributed by atoms with Crippen LogP contribution in [0.1, 0.15) is 12.0 Å². The number of nitrogens with zero attached hydrogens (tertiary/aromatic N) is 4. The minimum atomic E-state index is -1.06. The summed E-state index contributed by atoms with van der Waals surface area (Å²) >= 11 is 0. The van der Waals surface area contributed by atoms with Gasteiger partial charge in [-0.05, 0) is 6.07 Å². The van der Waals surface area contributed by atoms with Gasteiger partial charge in [-0.2, -0.15) is 5.10 Å². The van der Waals surface area contributed by atoms with Gasteiger partial charge in [0, 0.05) is 44.9 Å². The predicted molar refractivity (Wildman–Crippen MR) is 88.1 cm³/mol. The third kappa shape index (κ3) is 3.08. The number of nitro benzene ring substituents is 1. The van der Waals surface area contributed by atoms with Gasteiger partial charge in [0.1, 0.15) is 11.8 Å². The molecule has 0 bridgehead atoms. The number of amides is 1. The van der Waals surface area contributed by atoms with E-state index in [1.54, 1.807) is 12.1 Å². The Labute approximate surface area is 138 Å². The summed E-state index contributed by atoms with van der Waals surface area (Å²) in [4.78, 5) is 24.6. The number of carbonyl (C=O) groups is 1. The smallest absolute Gasteiger partial charge is 0.293 e. The van der Waals surface area contributed by atoms with Crippen molar-refractivity contribution in [3.63, 3.8) is 0 Å². The fraction of sp³-hybridized carbons (Fsp3) is 0.467. The van der Waals surface area contributed by atoms with E-state index in [1.807, 2.05) is 4.90 Å². The third-order valence-corrected chi connectivity index (χ3v) is 4.23. The van der Waals surface area contributed by atoms with E-state index in [2.05, 4.69) is 10.4 Å². The second-order valence-electron chi connectivity index (χ2n) is 5.82. The summed E-state index contributed by atoms with van der Waals surface area (Å²) in [6.45, 7) is 2.94. The molecule has 1 saturated heterocycles. The van der Waals surface area contributed by atoms with Gasteiger partial charge in [-0.25, -0.2) is 5.01 Å². The van der Waals surface area contributed by atoms with Gasteiger partial charge in [-0.1, -0.05) is 6.07 Å². The lowest BCUT2D eigenvalue weighted by atomic mass is 10.00. The Morgan fingerprint density at radius 1 is 1.38 bits per heavy atom. The van der Waals surface area contributed by atoms with Crippen molar-refractivity contribution in [1.29, 1.82) is 0 Å². The summed E-state index contributed by atoms with van der Waals surface area (Å²) in [5.74, 6) is -0.293. The first kappa shape index (κ1) is 16.3. The molecule has 3 rings (SSSR count). The second-order valence-corrected chi connectivity index (χ2v) is 5.82. The van der Waals surface area contributed by atoms with Crippen molar-refractivity contribution >= 4 is 23.0 Å². The number of aliphatic hydroxyl groups is 1. The fourth-order valence-electron chi connectivity index (χ4n) is 2.93. The molecule has 9 nitrogen and oxygen atoms in total. The van der Waals surface area contributed by atoms with Crippen LogP contribution in [0.2, 0.25) is 0 Å². The van der Waals surface area contributed by atoms with E-state index in [-0.39, 0.29) is 23.7 Å². The van der Waals surface area contributed by atoms with Crippen molar-refractivity contribution in [3.8, 4) is 0 Å². The Morgan fingerprint density at radius 2 is 2.08 bits per heavy atom. The maximum absolute atomic E-state index is 11.6. The van der Waals surface area contributed by atoms with E-state index in [0.717, 1.165) is 18.1 Å². The summed E-state index contributed by atoms with van der Waals surface area (Å²) in [5.41, 5.74) is 1.25. The topological polar surface area (TPSA) is 111 Å². The first-order valence-electron chi connectivity index (χ1n) is 7.75. The molecule has 1 aromatic carbocycles. The van der Waals surface area contributed by atoms with Crippen LogP contribution in [0.3, 0.4) is 0 Å². The van der Waals surface area contributed by atoms with Gasteiger partial charge in [0.15, 0.2) is 0 Å². The van der Waals surface area contributed by atoms with Crippen molar-refractivity contribution in [2.45, 2.75) is 12.5 Å². The van der Waals surface area contributed by atoms with Gasteiger partial charge < -0.3 is 15.3 Å². The van der Waals surface area contributed by atoms with Crippen LogP contribution >= 0.6 is 0 Å². The molecule has 0 saturated carbocycles. The van der Waals surface area contributed by atoms with Crippen LogP contribution in [0.4, 0.5) is 11.4 Å². The quantitative estimate of drug-likeness (QED) is 0.592. The molecule has 0 radical (unpaired) electrons. The Hall–Kier alpha value is -2.52. The summed E-state index contributed by atoms with van der Waals surface area (Å²) in [7, 11) is 1.50. The van der Waals surface area contributed by atoms with Crippen molar-refractivity contribution in [2.75, 3.05) is 38.1 Å². The van der Waals surface area contributed by atoms with Crippen molar-refractivity contribution < 1.29 is 14.8 Å². The Kier molecular flexibility index (Phi) is 4.45. The number of aliphatic hydroxyl groups excluding tert-OH is 1. The molecule has 128 valence electrons. The molecule has 0 aliphatic carbocycles. The molecule has 0 aromatic heterocycles. The van der Waals surface area contributed by atoms with Gasteiger partial charge in [-0.3, -0.25) is 14.9 Å². The lowest BCUT2D eigenvalue weighted by Crippen LogP contribution is -2.43. The molecule has 1 amide bonds. The zero-order valence-corrected chi connectivity index (χ0v) is 13.3. The number of anilines is 1. The van der Waals surface area contributed by atoms with Crippen LogP contribution in [-0.4, -0.2) is 66.0 Å². The molecule has 2 heterocycles. The van der Waals surface area contributed by atoms with E-state index >= 15 is 0 Å². The zero-order valence-electron chi connectivity index (χ0n) is 13.3. The normalized spacial score (nSPS) is 21.7. The second kappa shape index (κ2) is 6.54. The highest BCUT2D eigenvalue weighted by Crippen LogP contribution is 2.30. The zero-order chi connectivity index (χ0) is 17.3. The molecular weight excluding hydrogens is 314 g/mol. The lowest BCUT2D eigenvalue weighted by molar-refractivity contribution is -0.384. The van der Waals surface area contributed by atoms with Crippen LogP contribution in [-0.2, 0) is 4.79 Å². The Morgan fingerprint density at radius 3 is 2.75 bits per heavy atom. The molecule has 1 aromatic rings. The minimum Gasteiger partial charge on any atom is -0.386 e. The highest BCUT2D eigenvalue weighted by atomic mass is 16.6. The van der Waals surface area contributed by atoms with Crippen LogP contribution in [0.5, 0.6) is 0 Å². The van der Waals surface area contributed by atoms with E-state index in [4.69, 9.17) is 0 Å². The number of nitro groups is 1. The maximum atomic E-state index is 11.6. The van der Waals surface area contributed by atoms with Gasteiger partial charge in [0.05, 0.1) is 17.1 Å². The molecule has 9 heteroatoms. The monoisotopic (exact) mass is 333 g/mol. The average Bonchev–Trinajstić information content (AvgIpc) is 2.58. The number of piperazine rings is 1. The Balaban J connectivity index is 1.99.